The van der Waals surface area contributed by atoms with Gasteiger partial charge in [0.05, 0.1) is 6.61 Å². The molecule has 7 nitrogen and oxygen atoms in total. The number of aromatic amines is 1. The molecule has 0 spiro atoms. The number of hydrogen-bond donors (Lipinski definition) is 3. The van der Waals surface area contributed by atoms with Gasteiger partial charge < -0.3 is 20.8 Å². The minimum Gasteiger partial charge on any atom is -0.382 e. The second-order valence-corrected chi connectivity index (χ2v) is 3.64. The minimum absolute atomic E-state index is 0.0673. The van der Waals surface area contributed by atoms with E-state index in [0.717, 1.165) is 18.9 Å². The topological polar surface area (TPSA) is 102 Å². The standard InChI is InChI=1S/C9H12N6O/c10-7-6-9(13-4-12-7)15-8(14-6)5-3-11-1-2-16-5/h4-5,11H,1-3H2,(H3,10,12,13,14,15). The molecule has 4 N–H and O–H groups in total. The van der Waals surface area contributed by atoms with Crippen molar-refractivity contribution in [2.75, 3.05) is 25.4 Å². The molecule has 3 heterocycles. The lowest BCUT2D eigenvalue weighted by Gasteiger charge is -2.21. The van der Waals surface area contributed by atoms with E-state index in [-0.39, 0.29) is 6.10 Å². The van der Waals surface area contributed by atoms with Gasteiger partial charge in [0, 0.05) is 13.1 Å². The average Bonchev–Trinajstić information content (AvgIpc) is 2.76. The first-order valence-corrected chi connectivity index (χ1v) is 5.13. The van der Waals surface area contributed by atoms with E-state index in [0.29, 0.717) is 23.6 Å². The van der Waals surface area contributed by atoms with Crippen LogP contribution in [0, 0.1) is 0 Å². The summed E-state index contributed by atoms with van der Waals surface area (Å²) >= 11 is 0. The number of morpholine rings is 1. The van der Waals surface area contributed by atoms with Crippen LogP contribution in [-0.2, 0) is 4.74 Å². The third-order valence-electron chi connectivity index (χ3n) is 2.57. The van der Waals surface area contributed by atoms with Crippen LogP contribution in [0.4, 0.5) is 5.82 Å². The number of imidazole rings is 1. The number of nitrogens with two attached hydrogens (primary N) is 1. The second-order valence-electron chi connectivity index (χ2n) is 3.64. The van der Waals surface area contributed by atoms with Crippen molar-refractivity contribution in [2.45, 2.75) is 6.10 Å². The summed E-state index contributed by atoms with van der Waals surface area (Å²) in [6.07, 6.45) is 1.34. The number of nitrogens with one attached hydrogen (secondary N) is 2. The SMILES string of the molecule is Nc1ncnc2nc(C3CNCCO3)[nH]c12. The average molecular weight is 220 g/mol. The summed E-state index contributed by atoms with van der Waals surface area (Å²) in [4.78, 5) is 15.4. The van der Waals surface area contributed by atoms with E-state index in [1.54, 1.807) is 0 Å². The Morgan fingerprint density at radius 3 is 3.12 bits per heavy atom. The van der Waals surface area contributed by atoms with Crippen LogP contribution in [-0.4, -0.2) is 39.6 Å². The number of hydrogen-bond acceptors (Lipinski definition) is 6. The first kappa shape index (κ1) is 9.49. The van der Waals surface area contributed by atoms with Gasteiger partial charge in [-0.3, -0.25) is 0 Å². The van der Waals surface area contributed by atoms with E-state index in [2.05, 4.69) is 25.3 Å². The van der Waals surface area contributed by atoms with Gasteiger partial charge in [-0.05, 0) is 0 Å². The van der Waals surface area contributed by atoms with E-state index in [4.69, 9.17) is 10.5 Å². The van der Waals surface area contributed by atoms with Gasteiger partial charge in [-0.1, -0.05) is 0 Å². The quantitative estimate of drug-likeness (QED) is 0.604. The highest BCUT2D eigenvalue weighted by atomic mass is 16.5. The van der Waals surface area contributed by atoms with Crippen LogP contribution in [0.2, 0.25) is 0 Å². The van der Waals surface area contributed by atoms with E-state index < -0.39 is 0 Å². The van der Waals surface area contributed by atoms with Crippen LogP contribution < -0.4 is 11.1 Å². The highest BCUT2D eigenvalue weighted by Gasteiger charge is 2.20. The van der Waals surface area contributed by atoms with Crippen molar-refractivity contribution >= 4 is 17.0 Å². The number of nitrogens with zero attached hydrogens (tertiary/aromatic N) is 3. The highest BCUT2D eigenvalue weighted by molar-refractivity contribution is 5.81. The lowest BCUT2D eigenvalue weighted by atomic mass is 10.3. The number of anilines is 1. The van der Waals surface area contributed by atoms with E-state index in [1.807, 2.05) is 0 Å². The number of aromatic nitrogens is 4. The Bertz CT molecular complexity index is 504. The molecule has 0 aliphatic carbocycles. The van der Waals surface area contributed by atoms with Crippen molar-refractivity contribution in [1.82, 2.24) is 25.3 Å². The molecule has 7 heteroatoms. The molecule has 16 heavy (non-hydrogen) atoms. The molecule has 3 rings (SSSR count). The lowest BCUT2D eigenvalue weighted by Crippen LogP contribution is -2.33. The molecule has 0 radical (unpaired) electrons. The summed E-state index contributed by atoms with van der Waals surface area (Å²) in [5.41, 5.74) is 6.97. The molecule has 1 aliphatic heterocycles. The van der Waals surface area contributed by atoms with Gasteiger partial charge in [0.2, 0.25) is 0 Å². The molecule has 1 atom stereocenters. The van der Waals surface area contributed by atoms with E-state index >= 15 is 0 Å². The maximum atomic E-state index is 5.72. The number of rotatable bonds is 1. The van der Waals surface area contributed by atoms with Crippen LogP contribution in [0.3, 0.4) is 0 Å². The summed E-state index contributed by atoms with van der Waals surface area (Å²) < 4.78 is 5.59. The van der Waals surface area contributed by atoms with Gasteiger partial charge in [-0.25, -0.2) is 15.0 Å². The molecule has 1 fully saturated rings. The second kappa shape index (κ2) is 3.69. The third kappa shape index (κ3) is 1.50. The molecule has 1 unspecified atom stereocenters. The summed E-state index contributed by atoms with van der Waals surface area (Å²) in [5, 5.41) is 3.24. The monoisotopic (exact) mass is 220 g/mol. The third-order valence-corrected chi connectivity index (χ3v) is 2.57. The lowest BCUT2D eigenvalue weighted by molar-refractivity contribution is 0.0228. The zero-order valence-corrected chi connectivity index (χ0v) is 8.60. The van der Waals surface area contributed by atoms with Crippen LogP contribution in [0.15, 0.2) is 6.33 Å². The minimum atomic E-state index is -0.0673. The van der Waals surface area contributed by atoms with Gasteiger partial charge >= 0.3 is 0 Å². The molecule has 2 aromatic heterocycles. The Balaban J connectivity index is 2.01. The molecule has 2 aromatic rings. The molecular formula is C9H12N6O. The Labute approximate surface area is 91.4 Å². The maximum Gasteiger partial charge on any atom is 0.183 e. The molecule has 0 aromatic carbocycles. The molecule has 0 saturated carbocycles. The predicted octanol–water partition coefficient (Wildman–Crippen LogP) is -0.404. The van der Waals surface area contributed by atoms with E-state index in [9.17, 15) is 0 Å². The fraction of sp³-hybridized carbons (Fsp3) is 0.444. The Morgan fingerprint density at radius 1 is 1.44 bits per heavy atom. The van der Waals surface area contributed by atoms with Crippen LogP contribution in [0.25, 0.3) is 11.2 Å². The highest BCUT2D eigenvalue weighted by Crippen LogP contribution is 2.20. The van der Waals surface area contributed by atoms with Gasteiger partial charge in [0.1, 0.15) is 23.8 Å². The number of nitrogen functional groups attached to an aromatic ring is 1. The van der Waals surface area contributed by atoms with Crippen LogP contribution in [0.1, 0.15) is 11.9 Å². The summed E-state index contributed by atoms with van der Waals surface area (Å²) in [6, 6.07) is 0. The van der Waals surface area contributed by atoms with Crippen molar-refractivity contribution in [3.05, 3.63) is 12.2 Å². The Kier molecular flexibility index (Phi) is 2.19. The van der Waals surface area contributed by atoms with Crippen molar-refractivity contribution in [2.24, 2.45) is 0 Å². The number of ether oxygens (including phenoxy) is 1. The smallest absolute Gasteiger partial charge is 0.183 e. The normalized spacial score (nSPS) is 21.4. The fourth-order valence-corrected chi connectivity index (χ4v) is 1.76. The molecule has 1 saturated heterocycles. The molecule has 0 amide bonds. The van der Waals surface area contributed by atoms with Gasteiger partial charge in [-0.2, -0.15) is 0 Å². The molecule has 84 valence electrons. The summed E-state index contributed by atoms with van der Waals surface area (Å²) in [6.45, 7) is 2.30. The fourth-order valence-electron chi connectivity index (χ4n) is 1.76. The molecule has 0 bridgehead atoms. The van der Waals surface area contributed by atoms with Crippen LogP contribution >= 0.6 is 0 Å². The van der Waals surface area contributed by atoms with Crippen molar-refractivity contribution < 1.29 is 4.74 Å². The first-order chi connectivity index (χ1) is 7.84. The number of fused-ring (bicyclic) bond motifs is 1. The zero-order chi connectivity index (χ0) is 11.0. The zero-order valence-electron chi connectivity index (χ0n) is 8.60. The maximum absolute atomic E-state index is 5.72. The Morgan fingerprint density at radius 2 is 2.38 bits per heavy atom. The largest absolute Gasteiger partial charge is 0.382 e. The number of H-pyrrole nitrogens is 1. The van der Waals surface area contributed by atoms with Gasteiger partial charge in [-0.15, -0.1) is 0 Å². The van der Waals surface area contributed by atoms with Gasteiger partial charge in [0.15, 0.2) is 11.5 Å². The van der Waals surface area contributed by atoms with Crippen molar-refractivity contribution in [1.29, 1.82) is 0 Å². The summed E-state index contributed by atoms with van der Waals surface area (Å²) in [7, 11) is 0. The first-order valence-electron chi connectivity index (χ1n) is 5.13. The van der Waals surface area contributed by atoms with Crippen molar-refractivity contribution in [3.63, 3.8) is 0 Å². The van der Waals surface area contributed by atoms with Crippen LogP contribution in [0.5, 0.6) is 0 Å². The van der Waals surface area contributed by atoms with Crippen molar-refractivity contribution in [3.8, 4) is 0 Å². The molecule has 1 aliphatic rings. The predicted molar refractivity (Wildman–Crippen MR) is 57.7 cm³/mol. The van der Waals surface area contributed by atoms with Gasteiger partial charge in [0.25, 0.3) is 0 Å². The molecular weight excluding hydrogens is 208 g/mol. The summed E-state index contributed by atoms with van der Waals surface area (Å²) in [5.74, 6) is 1.15. The Hall–Kier alpha value is -1.73. The van der Waals surface area contributed by atoms with E-state index in [1.165, 1.54) is 6.33 Å².